The predicted octanol–water partition coefficient (Wildman–Crippen LogP) is 2.61. The molecule has 2 aromatic rings. The Morgan fingerprint density at radius 2 is 1.94 bits per heavy atom. The molecule has 0 bridgehead atoms. The Bertz CT molecular complexity index is 471. The number of Topliss-reactive ketones (excluding diaryl/α,β-unsaturated/α-hetero) is 1. The number of benzene rings is 1. The number of hydrogen-bond donors (Lipinski definition) is 1. The zero-order chi connectivity index (χ0) is 12.1. The third kappa shape index (κ3) is 3.48. The molecule has 17 heavy (non-hydrogen) atoms. The summed E-state index contributed by atoms with van der Waals surface area (Å²) in [5.74, 6) is 0.920. The molecule has 0 saturated carbocycles. The van der Waals surface area contributed by atoms with Crippen molar-refractivity contribution in [2.45, 2.75) is 19.3 Å². The van der Waals surface area contributed by atoms with Crippen molar-refractivity contribution in [1.82, 2.24) is 0 Å². The van der Waals surface area contributed by atoms with Crippen LogP contribution in [-0.4, -0.2) is 5.78 Å². The largest absolute Gasteiger partial charge is 0.469 e. The van der Waals surface area contributed by atoms with E-state index in [0.29, 0.717) is 12.8 Å². The van der Waals surface area contributed by atoms with Crippen molar-refractivity contribution in [3.63, 3.8) is 0 Å². The van der Waals surface area contributed by atoms with E-state index in [4.69, 9.17) is 10.2 Å². The second-order valence-corrected chi connectivity index (χ2v) is 4.04. The Morgan fingerprint density at radius 3 is 2.59 bits per heavy atom. The highest BCUT2D eigenvalue weighted by Crippen LogP contribution is 2.09. The Kier molecular flexibility index (Phi) is 3.60. The highest BCUT2D eigenvalue weighted by molar-refractivity contribution is 5.80. The number of rotatable bonds is 5. The van der Waals surface area contributed by atoms with Crippen molar-refractivity contribution >= 4 is 11.5 Å². The van der Waals surface area contributed by atoms with Crippen molar-refractivity contribution in [3.8, 4) is 0 Å². The number of hydrogen-bond acceptors (Lipinski definition) is 3. The fourth-order valence-corrected chi connectivity index (χ4v) is 1.66. The monoisotopic (exact) mass is 229 g/mol. The summed E-state index contributed by atoms with van der Waals surface area (Å²) in [4.78, 5) is 11.7. The molecule has 0 aliphatic carbocycles. The van der Waals surface area contributed by atoms with Gasteiger partial charge in [-0.3, -0.25) is 4.79 Å². The normalized spacial score (nSPS) is 10.4. The van der Waals surface area contributed by atoms with Gasteiger partial charge in [-0.2, -0.15) is 0 Å². The van der Waals surface area contributed by atoms with Gasteiger partial charge in [-0.25, -0.2) is 0 Å². The first-order valence-corrected chi connectivity index (χ1v) is 5.62. The van der Waals surface area contributed by atoms with Crippen LogP contribution < -0.4 is 5.73 Å². The van der Waals surface area contributed by atoms with Gasteiger partial charge in [0.15, 0.2) is 0 Å². The van der Waals surface area contributed by atoms with Gasteiger partial charge in [-0.15, -0.1) is 0 Å². The Labute approximate surface area is 100 Å². The summed E-state index contributed by atoms with van der Waals surface area (Å²) in [6.07, 6.45) is 3.25. The maximum Gasteiger partial charge on any atom is 0.140 e. The molecule has 0 atom stereocenters. The molecular formula is C14H15NO2. The summed E-state index contributed by atoms with van der Waals surface area (Å²) in [6, 6.07) is 11.2. The van der Waals surface area contributed by atoms with Crippen molar-refractivity contribution < 1.29 is 9.21 Å². The Balaban J connectivity index is 1.82. The molecule has 0 unspecified atom stereocenters. The van der Waals surface area contributed by atoms with Crippen LogP contribution in [0.4, 0.5) is 5.69 Å². The van der Waals surface area contributed by atoms with Crippen LogP contribution in [0, 0.1) is 0 Å². The van der Waals surface area contributed by atoms with E-state index in [1.807, 2.05) is 30.3 Å². The highest BCUT2D eigenvalue weighted by atomic mass is 16.3. The van der Waals surface area contributed by atoms with Gasteiger partial charge in [-0.1, -0.05) is 12.1 Å². The lowest BCUT2D eigenvalue weighted by Crippen LogP contribution is -2.03. The van der Waals surface area contributed by atoms with Gasteiger partial charge >= 0.3 is 0 Å². The third-order valence-electron chi connectivity index (χ3n) is 2.62. The van der Waals surface area contributed by atoms with Gasteiger partial charge in [-0.05, 0) is 36.2 Å². The second-order valence-electron chi connectivity index (χ2n) is 4.04. The molecule has 1 aromatic heterocycles. The summed E-state index contributed by atoms with van der Waals surface area (Å²) in [6.45, 7) is 0. The van der Waals surface area contributed by atoms with E-state index >= 15 is 0 Å². The summed E-state index contributed by atoms with van der Waals surface area (Å²) < 4.78 is 5.13. The molecule has 0 fully saturated rings. The number of furan rings is 1. The molecule has 0 radical (unpaired) electrons. The fourth-order valence-electron chi connectivity index (χ4n) is 1.66. The fraction of sp³-hybridized carbons (Fsp3) is 0.214. The number of nitrogens with two attached hydrogens (primary N) is 1. The SMILES string of the molecule is Nc1ccc(CCC(=O)Cc2ccco2)cc1. The molecule has 0 saturated heterocycles. The number of carbonyl (C=O) groups is 1. The van der Waals surface area contributed by atoms with Gasteiger partial charge in [0.25, 0.3) is 0 Å². The van der Waals surface area contributed by atoms with Gasteiger partial charge < -0.3 is 10.2 Å². The van der Waals surface area contributed by atoms with Crippen molar-refractivity contribution in [3.05, 3.63) is 54.0 Å². The number of nitrogen functional groups attached to an aromatic ring is 1. The second kappa shape index (κ2) is 5.34. The number of aryl methyl sites for hydroxylation is 1. The van der Waals surface area contributed by atoms with E-state index in [1.54, 1.807) is 12.3 Å². The van der Waals surface area contributed by atoms with E-state index < -0.39 is 0 Å². The minimum absolute atomic E-state index is 0.191. The van der Waals surface area contributed by atoms with E-state index in [2.05, 4.69) is 0 Å². The average molecular weight is 229 g/mol. The quantitative estimate of drug-likeness (QED) is 0.802. The standard InChI is InChI=1S/C14H15NO2/c15-12-6-3-11(4-7-12)5-8-13(16)10-14-2-1-9-17-14/h1-4,6-7,9H,5,8,10,15H2. The van der Waals surface area contributed by atoms with Gasteiger partial charge in [0, 0.05) is 12.1 Å². The maximum atomic E-state index is 11.7. The van der Waals surface area contributed by atoms with Crippen molar-refractivity contribution in [2.24, 2.45) is 0 Å². The lowest BCUT2D eigenvalue weighted by atomic mass is 10.1. The van der Waals surface area contributed by atoms with Crippen molar-refractivity contribution in [2.75, 3.05) is 5.73 Å². The van der Waals surface area contributed by atoms with Gasteiger partial charge in [0.05, 0.1) is 12.7 Å². The molecule has 1 heterocycles. The van der Waals surface area contributed by atoms with Crippen LogP contribution in [0.25, 0.3) is 0 Å². The molecule has 0 aliphatic rings. The molecule has 0 aliphatic heterocycles. The topological polar surface area (TPSA) is 56.2 Å². The zero-order valence-electron chi connectivity index (χ0n) is 9.56. The number of anilines is 1. The van der Waals surface area contributed by atoms with Crippen LogP contribution >= 0.6 is 0 Å². The van der Waals surface area contributed by atoms with Crippen LogP contribution in [0.2, 0.25) is 0 Å². The maximum absolute atomic E-state index is 11.7. The molecule has 0 amide bonds. The highest BCUT2D eigenvalue weighted by Gasteiger charge is 2.06. The van der Waals surface area contributed by atoms with E-state index in [0.717, 1.165) is 23.4 Å². The van der Waals surface area contributed by atoms with E-state index in [9.17, 15) is 4.79 Å². The minimum atomic E-state index is 0.191. The van der Waals surface area contributed by atoms with Crippen LogP contribution in [-0.2, 0) is 17.6 Å². The molecule has 2 rings (SSSR count). The summed E-state index contributed by atoms with van der Waals surface area (Å²) in [5.41, 5.74) is 7.47. The molecule has 0 spiro atoms. The van der Waals surface area contributed by atoms with Crippen LogP contribution in [0.3, 0.4) is 0 Å². The van der Waals surface area contributed by atoms with Gasteiger partial charge in [0.1, 0.15) is 11.5 Å². The van der Waals surface area contributed by atoms with Gasteiger partial charge in [0.2, 0.25) is 0 Å². The van der Waals surface area contributed by atoms with E-state index in [-0.39, 0.29) is 5.78 Å². The molecular weight excluding hydrogens is 214 g/mol. The molecule has 88 valence electrons. The van der Waals surface area contributed by atoms with E-state index in [1.165, 1.54) is 0 Å². The molecule has 1 aromatic carbocycles. The first-order chi connectivity index (χ1) is 8.24. The average Bonchev–Trinajstić information content (AvgIpc) is 2.81. The lowest BCUT2D eigenvalue weighted by molar-refractivity contribution is -0.118. The van der Waals surface area contributed by atoms with Crippen LogP contribution in [0.1, 0.15) is 17.7 Å². The summed E-state index contributed by atoms with van der Waals surface area (Å²) in [5, 5.41) is 0. The Hall–Kier alpha value is -2.03. The molecule has 2 N–H and O–H groups in total. The zero-order valence-corrected chi connectivity index (χ0v) is 9.56. The number of carbonyl (C=O) groups excluding carboxylic acids is 1. The first-order valence-electron chi connectivity index (χ1n) is 5.62. The van der Waals surface area contributed by atoms with Crippen LogP contribution in [0.5, 0.6) is 0 Å². The van der Waals surface area contributed by atoms with Crippen LogP contribution in [0.15, 0.2) is 47.1 Å². The smallest absolute Gasteiger partial charge is 0.140 e. The lowest BCUT2D eigenvalue weighted by Gasteiger charge is -2.01. The number of ketones is 1. The summed E-state index contributed by atoms with van der Waals surface area (Å²) in [7, 11) is 0. The summed E-state index contributed by atoms with van der Waals surface area (Å²) >= 11 is 0. The first kappa shape index (κ1) is 11.5. The minimum Gasteiger partial charge on any atom is -0.469 e. The third-order valence-corrected chi connectivity index (χ3v) is 2.62. The predicted molar refractivity (Wildman–Crippen MR) is 66.6 cm³/mol. The Morgan fingerprint density at radius 1 is 1.18 bits per heavy atom. The molecule has 3 nitrogen and oxygen atoms in total. The van der Waals surface area contributed by atoms with Crippen molar-refractivity contribution in [1.29, 1.82) is 0 Å². The molecule has 3 heteroatoms.